The molecule has 1 aliphatic rings. The van der Waals surface area contributed by atoms with Crippen LogP contribution < -0.4 is 10.6 Å². The minimum atomic E-state index is -0.651. The van der Waals surface area contributed by atoms with Gasteiger partial charge in [-0.15, -0.1) is 5.10 Å². The van der Waals surface area contributed by atoms with Gasteiger partial charge < -0.3 is 10.6 Å². The number of rotatable bonds is 7. The summed E-state index contributed by atoms with van der Waals surface area (Å²) in [7, 11) is 0. The van der Waals surface area contributed by atoms with Crippen LogP contribution in [0.15, 0.2) is 83.2 Å². The van der Waals surface area contributed by atoms with Crippen molar-refractivity contribution < 1.29 is 14.0 Å². The van der Waals surface area contributed by atoms with Crippen molar-refractivity contribution in [3.63, 3.8) is 0 Å². The zero-order chi connectivity index (χ0) is 27.7. The monoisotopic (exact) mass is 541 g/mol. The smallest absolute Gasteiger partial charge is 0.255 e. The van der Waals surface area contributed by atoms with Crippen LogP contribution in [0.25, 0.3) is 0 Å². The van der Waals surface area contributed by atoms with Crippen LogP contribution in [0.1, 0.15) is 45.6 Å². The summed E-state index contributed by atoms with van der Waals surface area (Å²) < 4.78 is 15.4. The molecule has 2 heterocycles. The van der Waals surface area contributed by atoms with Gasteiger partial charge in [0.25, 0.3) is 5.91 Å². The molecule has 5 rings (SSSR count). The van der Waals surface area contributed by atoms with Crippen molar-refractivity contribution in [1.29, 1.82) is 0 Å². The van der Waals surface area contributed by atoms with Crippen LogP contribution in [-0.2, 0) is 4.79 Å². The lowest BCUT2D eigenvalue weighted by Crippen LogP contribution is -2.31. The molecule has 0 aliphatic carbocycles. The molecule has 0 fully saturated rings. The molecule has 0 saturated carbocycles. The number of thioether (sulfide) groups is 1. The van der Waals surface area contributed by atoms with E-state index in [0.29, 0.717) is 39.2 Å². The number of nitrogens with zero attached hydrogens (tertiary/aromatic N) is 3. The standard InChI is InChI=1S/C30H28FN5O2S/c1-17-5-8-21(9-6-17)25(37)16-39-30-34-29-32-20(4)26(28(38)33-24-14-7-18(2)15-19(24)3)27(36(29)35-30)22-10-12-23(31)13-11-22/h5-15,27H,16H2,1-4H3,(H,33,38)(H,32,34,35)/t27-/m1/s1. The summed E-state index contributed by atoms with van der Waals surface area (Å²) in [6.45, 7) is 7.72. The molecule has 7 nitrogen and oxygen atoms in total. The van der Waals surface area contributed by atoms with Crippen molar-refractivity contribution in [2.24, 2.45) is 0 Å². The van der Waals surface area contributed by atoms with E-state index in [1.807, 2.05) is 63.2 Å². The van der Waals surface area contributed by atoms with Crippen molar-refractivity contribution in [1.82, 2.24) is 14.8 Å². The summed E-state index contributed by atoms with van der Waals surface area (Å²) in [6.07, 6.45) is 0. The number of fused-ring (bicyclic) bond motifs is 1. The molecule has 9 heteroatoms. The van der Waals surface area contributed by atoms with E-state index >= 15 is 0 Å². The predicted molar refractivity (Wildman–Crippen MR) is 152 cm³/mol. The Morgan fingerprint density at radius 3 is 2.36 bits per heavy atom. The molecule has 198 valence electrons. The third-order valence-electron chi connectivity index (χ3n) is 6.60. The number of Topliss-reactive ketones (excluding diaryl/α,β-unsaturated/α-hetero) is 1. The number of ketones is 1. The summed E-state index contributed by atoms with van der Waals surface area (Å²) in [4.78, 5) is 31.0. The van der Waals surface area contributed by atoms with Gasteiger partial charge >= 0.3 is 0 Å². The fourth-order valence-corrected chi connectivity index (χ4v) is 5.26. The molecule has 0 saturated heterocycles. The summed E-state index contributed by atoms with van der Waals surface area (Å²) in [5.41, 5.74) is 6.19. The van der Waals surface area contributed by atoms with Gasteiger partial charge in [-0.1, -0.05) is 71.4 Å². The largest absolute Gasteiger partial charge is 0.328 e. The minimum absolute atomic E-state index is 0.0290. The second-order valence-corrected chi connectivity index (χ2v) is 10.6. The molecule has 1 aliphatic heterocycles. The number of benzene rings is 3. The van der Waals surface area contributed by atoms with E-state index < -0.39 is 6.04 Å². The average Bonchev–Trinajstić information content (AvgIpc) is 3.31. The normalized spacial score (nSPS) is 14.5. The summed E-state index contributed by atoms with van der Waals surface area (Å²) in [5, 5.41) is 11.3. The lowest BCUT2D eigenvalue weighted by atomic mass is 9.95. The number of aromatic nitrogens is 3. The number of aryl methyl sites for hydroxylation is 3. The number of allylic oxidation sites excluding steroid dienone is 1. The number of hydrogen-bond acceptors (Lipinski definition) is 6. The first-order valence-corrected chi connectivity index (χ1v) is 13.5. The van der Waals surface area contributed by atoms with Gasteiger partial charge in [0.05, 0.1) is 11.3 Å². The highest BCUT2D eigenvalue weighted by molar-refractivity contribution is 7.99. The number of nitrogens with one attached hydrogen (secondary N) is 2. The third kappa shape index (κ3) is 5.63. The van der Waals surface area contributed by atoms with Crippen LogP contribution in [0.3, 0.4) is 0 Å². The van der Waals surface area contributed by atoms with Crippen LogP contribution in [0.5, 0.6) is 0 Å². The Morgan fingerprint density at radius 1 is 0.974 bits per heavy atom. The Balaban J connectivity index is 1.45. The molecule has 3 aromatic carbocycles. The predicted octanol–water partition coefficient (Wildman–Crippen LogP) is 6.25. The second-order valence-electron chi connectivity index (χ2n) is 9.63. The third-order valence-corrected chi connectivity index (χ3v) is 7.44. The number of hydrogen-bond donors (Lipinski definition) is 2. The Hall–Kier alpha value is -4.24. The Kier molecular flexibility index (Phi) is 7.34. The zero-order valence-electron chi connectivity index (χ0n) is 22.1. The Bertz CT molecular complexity index is 1590. The second kappa shape index (κ2) is 10.9. The van der Waals surface area contributed by atoms with Gasteiger partial charge in [0, 0.05) is 16.9 Å². The minimum Gasteiger partial charge on any atom is -0.328 e. The molecule has 0 radical (unpaired) electrons. The molecule has 0 unspecified atom stereocenters. The SMILES string of the molecule is CC1=C(C(=O)Nc2ccc(C)cc2C)[C@@H](c2ccc(F)cc2)n2nc(SCC(=O)c3ccc(C)cc3)nc2N1. The molecular formula is C30H28FN5O2S. The van der Waals surface area contributed by atoms with E-state index in [4.69, 9.17) is 0 Å². The van der Waals surface area contributed by atoms with E-state index in [-0.39, 0.29) is 23.3 Å². The van der Waals surface area contributed by atoms with Crippen LogP contribution in [0.2, 0.25) is 0 Å². The van der Waals surface area contributed by atoms with Crippen molar-refractivity contribution in [2.75, 3.05) is 16.4 Å². The molecule has 1 aromatic heterocycles. The van der Waals surface area contributed by atoms with Gasteiger partial charge in [-0.25, -0.2) is 9.07 Å². The fraction of sp³-hybridized carbons (Fsp3) is 0.200. The number of amides is 1. The number of carbonyl (C=O) groups excluding carboxylic acids is 2. The van der Waals surface area contributed by atoms with E-state index in [9.17, 15) is 14.0 Å². The number of carbonyl (C=O) groups is 2. The Labute approximate surface area is 230 Å². The fourth-order valence-electron chi connectivity index (χ4n) is 4.54. The first kappa shape index (κ1) is 26.4. The topological polar surface area (TPSA) is 88.9 Å². The Morgan fingerprint density at radius 2 is 1.67 bits per heavy atom. The van der Waals surface area contributed by atoms with Gasteiger partial charge in [0.2, 0.25) is 11.1 Å². The van der Waals surface area contributed by atoms with Crippen LogP contribution in [0.4, 0.5) is 16.0 Å². The highest BCUT2D eigenvalue weighted by atomic mass is 32.2. The van der Waals surface area contributed by atoms with Gasteiger partial charge in [0.1, 0.15) is 11.9 Å². The van der Waals surface area contributed by atoms with Gasteiger partial charge in [-0.3, -0.25) is 9.59 Å². The van der Waals surface area contributed by atoms with E-state index in [1.54, 1.807) is 23.7 Å². The maximum atomic E-state index is 13.8. The highest BCUT2D eigenvalue weighted by Crippen LogP contribution is 2.37. The molecule has 4 aromatic rings. The van der Waals surface area contributed by atoms with Crippen molar-refractivity contribution in [3.05, 3.63) is 112 Å². The summed E-state index contributed by atoms with van der Waals surface area (Å²) >= 11 is 1.23. The molecule has 2 N–H and O–H groups in total. The van der Waals surface area contributed by atoms with E-state index in [1.165, 1.54) is 23.9 Å². The molecule has 39 heavy (non-hydrogen) atoms. The van der Waals surface area contributed by atoms with Gasteiger partial charge in [-0.2, -0.15) is 4.98 Å². The summed E-state index contributed by atoms with van der Waals surface area (Å²) in [6, 6.07) is 18.6. The van der Waals surface area contributed by atoms with Crippen LogP contribution >= 0.6 is 11.8 Å². The lowest BCUT2D eigenvalue weighted by molar-refractivity contribution is -0.113. The van der Waals surface area contributed by atoms with Crippen molar-refractivity contribution in [2.45, 2.75) is 38.9 Å². The van der Waals surface area contributed by atoms with E-state index in [0.717, 1.165) is 16.7 Å². The highest BCUT2D eigenvalue weighted by Gasteiger charge is 2.34. The number of halogens is 1. The molecule has 1 amide bonds. The van der Waals surface area contributed by atoms with Gasteiger partial charge in [0.15, 0.2) is 5.78 Å². The maximum absolute atomic E-state index is 13.8. The first-order valence-electron chi connectivity index (χ1n) is 12.5. The van der Waals surface area contributed by atoms with Gasteiger partial charge in [-0.05, 0) is 57.0 Å². The quantitative estimate of drug-likeness (QED) is 0.213. The average molecular weight is 542 g/mol. The molecule has 0 bridgehead atoms. The van der Waals surface area contributed by atoms with Crippen LogP contribution in [0, 0.1) is 26.6 Å². The van der Waals surface area contributed by atoms with Crippen LogP contribution in [-0.4, -0.2) is 32.2 Å². The summed E-state index contributed by atoms with van der Waals surface area (Å²) in [5.74, 6) is -0.0976. The van der Waals surface area contributed by atoms with E-state index in [2.05, 4.69) is 20.7 Å². The maximum Gasteiger partial charge on any atom is 0.255 e. The molecule has 0 spiro atoms. The van der Waals surface area contributed by atoms with Crippen molar-refractivity contribution in [3.8, 4) is 0 Å². The van der Waals surface area contributed by atoms with Crippen molar-refractivity contribution >= 4 is 35.1 Å². The lowest BCUT2D eigenvalue weighted by Gasteiger charge is -2.28. The first-order chi connectivity index (χ1) is 18.7. The number of anilines is 2. The zero-order valence-corrected chi connectivity index (χ0v) is 22.9. The molecule has 1 atom stereocenters. The molecular weight excluding hydrogens is 513 g/mol.